The normalized spacial score (nSPS) is 13.7. The van der Waals surface area contributed by atoms with Crippen molar-refractivity contribution in [2.24, 2.45) is 7.05 Å². The minimum Gasteiger partial charge on any atom is -0.323 e. The Bertz CT molecular complexity index is 1130. The maximum absolute atomic E-state index is 12.9. The van der Waals surface area contributed by atoms with E-state index >= 15 is 0 Å². The van der Waals surface area contributed by atoms with Gasteiger partial charge >= 0.3 is 0 Å². The molecule has 0 aliphatic carbocycles. The van der Waals surface area contributed by atoms with Gasteiger partial charge in [0.1, 0.15) is 6.54 Å². The van der Waals surface area contributed by atoms with Crippen LogP contribution in [-0.2, 0) is 22.1 Å². The first kappa shape index (κ1) is 21.1. The van der Waals surface area contributed by atoms with Crippen molar-refractivity contribution in [3.05, 3.63) is 54.1 Å². The number of thioether (sulfide) groups is 1. The Hall–Kier alpha value is -3.13. The van der Waals surface area contributed by atoms with E-state index in [1.807, 2.05) is 41.9 Å². The lowest BCUT2D eigenvalue weighted by atomic mass is 9.87. The summed E-state index contributed by atoms with van der Waals surface area (Å²) in [6, 6.07) is 15.6. The third kappa shape index (κ3) is 4.34. The lowest BCUT2D eigenvalue weighted by Gasteiger charge is -2.29. The largest absolute Gasteiger partial charge is 0.323 e. The molecule has 31 heavy (non-hydrogen) atoms. The summed E-state index contributed by atoms with van der Waals surface area (Å²) >= 11 is 1.31. The smallest absolute Gasteiger partial charge is 0.244 e. The highest BCUT2D eigenvalue weighted by molar-refractivity contribution is 7.99. The molecule has 2 amide bonds. The molecule has 3 aromatic rings. The number of amides is 2. The average molecular weight is 436 g/mol. The number of hydrogen-bond donors (Lipinski definition) is 1. The number of rotatable bonds is 4. The van der Waals surface area contributed by atoms with Crippen LogP contribution in [0.15, 0.2) is 53.7 Å². The number of carbonyl (C=O) groups is 2. The maximum atomic E-state index is 12.9. The first-order valence-corrected chi connectivity index (χ1v) is 11.0. The Kier molecular flexibility index (Phi) is 5.58. The Labute approximate surface area is 185 Å². The standard InChI is InChI=1S/C23H25N5O2S/c1-23(2,3)16-11-9-15(10-12-16)21-25-26-22(27(21)4)31-14-20(30)28-13-19(29)24-17-7-5-6-8-18(17)28/h5-12H,13-14H2,1-4H3,(H,24,29). The molecule has 0 spiro atoms. The van der Waals surface area contributed by atoms with Crippen molar-refractivity contribution in [3.8, 4) is 11.4 Å². The Morgan fingerprint density at radius 1 is 1.10 bits per heavy atom. The number of fused-ring (bicyclic) bond motifs is 1. The number of carbonyl (C=O) groups excluding carboxylic acids is 2. The van der Waals surface area contributed by atoms with Gasteiger partial charge in [0.15, 0.2) is 11.0 Å². The lowest BCUT2D eigenvalue weighted by Crippen LogP contribution is -2.43. The van der Waals surface area contributed by atoms with Crippen molar-refractivity contribution < 1.29 is 9.59 Å². The summed E-state index contributed by atoms with van der Waals surface area (Å²) < 4.78 is 1.89. The first-order chi connectivity index (χ1) is 14.7. The molecule has 160 valence electrons. The summed E-state index contributed by atoms with van der Waals surface area (Å²) in [4.78, 5) is 26.4. The topological polar surface area (TPSA) is 80.1 Å². The minimum atomic E-state index is -0.198. The summed E-state index contributed by atoms with van der Waals surface area (Å²) in [5.74, 6) is 0.567. The molecule has 2 aromatic carbocycles. The lowest BCUT2D eigenvalue weighted by molar-refractivity contribution is -0.120. The Morgan fingerprint density at radius 2 is 1.81 bits per heavy atom. The summed E-state index contributed by atoms with van der Waals surface area (Å²) in [5, 5.41) is 12.0. The molecule has 2 heterocycles. The zero-order valence-electron chi connectivity index (χ0n) is 18.0. The van der Waals surface area contributed by atoms with Gasteiger partial charge in [-0.3, -0.25) is 9.59 Å². The van der Waals surface area contributed by atoms with Crippen LogP contribution in [0, 0.1) is 0 Å². The van der Waals surface area contributed by atoms with E-state index < -0.39 is 0 Å². The van der Waals surface area contributed by atoms with E-state index in [2.05, 4.69) is 48.4 Å². The van der Waals surface area contributed by atoms with E-state index in [0.717, 1.165) is 11.4 Å². The van der Waals surface area contributed by atoms with Gasteiger partial charge in [0.25, 0.3) is 0 Å². The summed E-state index contributed by atoms with van der Waals surface area (Å²) in [7, 11) is 1.89. The highest BCUT2D eigenvalue weighted by Gasteiger charge is 2.27. The van der Waals surface area contributed by atoms with Crippen molar-refractivity contribution in [3.63, 3.8) is 0 Å². The van der Waals surface area contributed by atoms with E-state index in [9.17, 15) is 9.59 Å². The molecular weight excluding hydrogens is 410 g/mol. The van der Waals surface area contributed by atoms with Crippen LogP contribution in [0.3, 0.4) is 0 Å². The van der Waals surface area contributed by atoms with E-state index in [-0.39, 0.29) is 29.5 Å². The zero-order chi connectivity index (χ0) is 22.2. The minimum absolute atomic E-state index is 0.0145. The first-order valence-electron chi connectivity index (χ1n) is 10.1. The predicted octanol–water partition coefficient (Wildman–Crippen LogP) is 3.86. The van der Waals surface area contributed by atoms with E-state index in [1.165, 1.54) is 22.2 Å². The molecule has 0 fully saturated rings. The number of anilines is 2. The van der Waals surface area contributed by atoms with Crippen LogP contribution < -0.4 is 10.2 Å². The monoisotopic (exact) mass is 435 g/mol. The Morgan fingerprint density at radius 3 is 2.52 bits per heavy atom. The molecule has 1 N–H and O–H groups in total. The number of para-hydroxylation sites is 2. The van der Waals surface area contributed by atoms with Crippen LogP contribution in [0.2, 0.25) is 0 Å². The second-order valence-corrected chi connectivity index (χ2v) is 9.47. The molecule has 7 nitrogen and oxygen atoms in total. The van der Waals surface area contributed by atoms with Gasteiger partial charge in [-0.25, -0.2) is 0 Å². The van der Waals surface area contributed by atoms with Gasteiger partial charge in [-0.15, -0.1) is 10.2 Å². The third-order valence-corrected chi connectivity index (χ3v) is 6.25. The second kappa shape index (κ2) is 8.19. The van der Waals surface area contributed by atoms with Crippen molar-refractivity contribution in [1.29, 1.82) is 0 Å². The average Bonchev–Trinajstić information content (AvgIpc) is 3.11. The van der Waals surface area contributed by atoms with Gasteiger partial charge in [-0.05, 0) is 23.1 Å². The molecule has 0 bridgehead atoms. The van der Waals surface area contributed by atoms with Crippen molar-refractivity contribution in [2.45, 2.75) is 31.3 Å². The van der Waals surface area contributed by atoms with Gasteiger partial charge in [-0.2, -0.15) is 0 Å². The number of nitrogens with zero attached hydrogens (tertiary/aromatic N) is 4. The fraction of sp³-hybridized carbons (Fsp3) is 0.304. The number of hydrogen-bond acceptors (Lipinski definition) is 5. The molecule has 0 saturated carbocycles. The highest BCUT2D eigenvalue weighted by atomic mass is 32.2. The van der Waals surface area contributed by atoms with Crippen LogP contribution >= 0.6 is 11.8 Å². The van der Waals surface area contributed by atoms with E-state index in [0.29, 0.717) is 16.5 Å². The predicted molar refractivity (Wildman–Crippen MR) is 123 cm³/mol. The molecule has 0 unspecified atom stereocenters. The van der Waals surface area contributed by atoms with Crippen molar-refractivity contribution in [2.75, 3.05) is 22.5 Å². The molecular formula is C23H25N5O2S. The summed E-state index contributed by atoms with van der Waals surface area (Å²) in [6.45, 7) is 6.56. The zero-order valence-corrected chi connectivity index (χ0v) is 18.9. The van der Waals surface area contributed by atoms with Crippen molar-refractivity contribution >= 4 is 35.0 Å². The fourth-order valence-electron chi connectivity index (χ4n) is 3.47. The Balaban J connectivity index is 1.47. The van der Waals surface area contributed by atoms with E-state index in [1.54, 1.807) is 6.07 Å². The fourth-order valence-corrected chi connectivity index (χ4v) is 4.26. The van der Waals surface area contributed by atoms with Gasteiger partial charge in [0.2, 0.25) is 11.8 Å². The SMILES string of the molecule is Cn1c(SCC(=O)N2CC(=O)Nc3ccccc32)nnc1-c1ccc(C(C)(C)C)cc1. The van der Waals surface area contributed by atoms with Crippen LogP contribution in [0.1, 0.15) is 26.3 Å². The van der Waals surface area contributed by atoms with Crippen LogP contribution in [0.25, 0.3) is 11.4 Å². The molecule has 1 aromatic heterocycles. The molecule has 0 atom stereocenters. The second-order valence-electron chi connectivity index (χ2n) is 8.53. The van der Waals surface area contributed by atoms with Crippen LogP contribution in [-0.4, -0.2) is 38.9 Å². The van der Waals surface area contributed by atoms with Gasteiger partial charge < -0.3 is 14.8 Å². The van der Waals surface area contributed by atoms with E-state index in [4.69, 9.17) is 0 Å². The van der Waals surface area contributed by atoms with Crippen LogP contribution in [0.4, 0.5) is 11.4 Å². The number of nitrogens with one attached hydrogen (secondary N) is 1. The quantitative estimate of drug-likeness (QED) is 0.630. The molecule has 0 radical (unpaired) electrons. The molecule has 0 saturated heterocycles. The van der Waals surface area contributed by atoms with Crippen molar-refractivity contribution in [1.82, 2.24) is 14.8 Å². The highest BCUT2D eigenvalue weighted by Crippen LogP contribution is 2.31. The number of benzene rings is 2. The third-order valence-electron chi connectivity index (χ3n) is 5.24. The summed E-state index contributed by atoms with van der Waals surface area (Å²) in [5.41, 5.74) is 3.68. The molecule has 4 rings (SSSR count). The molecule has 1 aliphatic heterocycles. The molecule has 8 heteroatoms. The molecule has 1 aliphatic rings. The maximum Gasteiger partial charge on any atom is 0.244 e. The van der Waals surface area contributed by atoms with Gasteiger partial charge in [0, 0.05) is 12.6 Å². The van der Waals surface area contributed by atoms with Gasteiger partial charge in [-0.1, -0.05) is 68.9 Å². The van der Waals surface area contributed by atoms with Gasteiger partial charge in [0.05, 0.1) is 17.1 Å². The number of aromatic nitrogens is 3. The summed E-state index contributed by atoms with van der Waals surface area (Å²) in [6.07, 6.45) is 0. The van der Waals surface area contributed by atoms with Crippen LogP contribution in [0.5, 0.6) is 0 Å².